The van der Waals surface area contributed by atoms with Crippen LogP contribution in [0.25, 0.3) is 0 Å². The van der Waals surface area contributed by atoms with Crippen molar-refractivity contribution >= 4 is 27.6 Å². The molecule has 1 aromatic rings. The van der Waals surface area contributed by atoms with E-state index in [1.807, 2.05) is 13.8 Å². The fourth-order valence-corrected chi connectivity index (χ4v) is 4.20. The summed E-state index contributed by atoms with van der Waals surface area (Å²) >= 11 is 0. The van der Waals surface area contributed by atoms with Crippen molar-refractivity contribution in [2.45, 2.75) is 44.4 Å². The van der Waals surface area contributed by atoms with E-state index in [2.05, 4.69) is 5.32 Å². The van der Waals surface area contributed by atoms with Gasteiger partial charge in [-0.3, -0.25) is 9.59 Å². The van der Waals surface area contributed by atoms with Gasteiger partial charge in [-0.2, -0.15) is 4.31 Å². The zero-order valence-corrected chi connectivity index (χ0v) is 16.0. The summed E-state index contributed by atoms with van der Waals surface area (Å²) in [7, 11) is -3.54. The van der Waals surface area contributed by atoms with Crippen LogP contribution >= 0.6 is 0 Å². The first-order valence-electron chi connectivity index (χ1n) is 8.84. The third kappa shape index (κ3) is 5.81. The lowest BCUT2D eigenvalue weighted by molar-refractivity contribution is -0.147. The summed E-state index contributed by atoms with van der Waals surface area (Å²) < 4.78 is 31.5. The van der Waals surface area contributed by atoms with Crippen LogP contribution in [-0.2, 0) is 24.3 Å². The van der Waals surface area contributed by atoms with E-state index >= 15 is 0 Å². The Hall–Kier alpha value is -1.93. The van der Waals surface area contributed by atoms with Crippen LogP contribution in [0.3, 0.4) is 0 Å². The van der Waals surface area contributed by atoms with E-state index in [1.165, 1.54) is 16.4 Å². The number of sulfonamides is 1. The largest absolute Gasteiger partial charge is 0.456 e. The number of carbonyl (C=O) groups is 2. The summed E-state index contributed by atoms with van der Waals surface area (Å²) in [5.41, 5.74) is 0.355. The van der Waals surface area contributed by atoms with Gasteiger partial charge < -0.3 is 10.1 Å². The van der Waals surface area contributed by atoms with Crippen molar-refractivity contribution in [2.24, 2.45) is 5.92 Å². The Morgan fingerprint density at radius 1 is 1.23 bits per heavy atom. The lowest BCUT2D eigenvalue weighted by Crippen LogP contribution is -2.28. The number of nitrogens with one attached hydrogen (secondary N) is 1. The van der Waals surface area contributed by atoms with Crippen LogP contribution in [0.15, 0.2) is 29.2 Å². The number of rotatable bonds is 8. The fourth-order valence-electron chi connectivity index (χ4n) is 2.63. The molecule has 144 valence electrons. The van der Waals surface area contributed by atoms with Gasteiger partial charge in [-0.1, -0.05) is 19.9 Å². The first-order chi connectivity index (χ1) is 12.3. The number of esters is 1. The molecule has 0 bridgehead atoms. The minimum absolute atomic E-state index is 0.145. The zero-order valence-electron chi connectivity index (χ0n) is 15.2. The van der Waals surface area contributed by atoms with Crippen molar-refractivity contribution in [1.82, 2.24) is 4.31 Å². The predicted octanol–water partition coefficient (Wildman–Crippen LogP) is 2.39. The maximum Gasteiger partial charge on any atom is 0.306 e. The number of carbonyl (C=O) groups excluding carboxylic acids is 2. The summed E-state index contributed by atoms with van der Waals surface area (Å²) in [6.45, 7) is 4.66. The molecule has 2 rings (SSSR count). The standard InChI is InChI=1S/C18H26N2O5S/c1-14(2)8-9-18(22)25-13-17(21)19-15-6-5-7-16(12-15)26(23,24)20-10-3-4-11-20/h5-7,12,14H,3-4,8-11,13H2,1-2H3,(H,19,21). The molecule has 0 saturated carbocycles. The van der Waals surface area contributed by atoms with Crippen molar-refractivity contribution < 1.29 is 22.7 Å². The Balaban J connectivity index is 1.91. The second-order valence-corrected chi connectivity index (χ2v) is 8.72. The van der Waals surface area contributed by atoms with Crippen LogP contribution < -0.4 is 5.32 Å². The minimum atomic E-state index is -3.54. The molecular formula is C18H26N2O5S. The molecule has 26 heavy (non-hydrogen) atoms. The number of hydrogen-bond donors (Lipinski definition) is 1. The van der Waals surface area contributed by atoms with Crippen LogP contribution in [0.1, 0.15) is 39.5 Å². The normalized spacial score (nSPS) is 15.2. The lowest BCUT2D eigenvalue weighted by atomic mass is 10.1. The first-order valence-corrected chi connectivity index (χ1v) is 10.3. The third-order valence-corrected chi connectivity index (χ3v) is 6.01. The van der Waals surface area contributed by atoms with Gasteiger partial charge in [0.25, 0.3) is 5.91 Å². The zero-order chi connectivity index (χ0) is 19.2. The van der Waals surface area contributed by atoms with E-state index in [0.717, 1.165) is 12.8 Å². The molecule has 0 spiro atoms. The van der Waals surface area contributed by atoms with Crippen LogP contribution in [0.2, 0.25) is 0 Å². The van der Waals surface area contributed by atoms with Gasteiger partial charge in [0.15, 0.2) is 6.61 Å². The average Bonchev–Trinajstić information content (AvgIpc) is 3.14. The molecular weight excluding hydrogens is 356 g/mol. The summed E-state index contributed by atoms with van der Waals surface area (Å²) in [4.78, 5) is 23.6. The smallest absolute Gasteiger partial charge is 0.306 e. The Labute approximate surface area is 154 Å². The van der Waals surface area contributed by atoms with E-state index in [9.17, 15) is 18.0 Å². The number of hydrogen-bond acceptors (Lipinski definition) is 5. The maximum atomic E-state index is 12.6. The van der Waals surface area contributed by atoms with E-state index in [1.54, 1.807) is 12.1 Å². The number of nitrogens with zero attached hydrogens (tertiary/aromatic N) is 1. The second kappa shape index (κ2) is 9.14. The third-order valence-electron chi connectivity index (χ3n) is 4.11. The van der Waals surface area contributed by atoms with Crippen LogP contribution in [0.4, 0.5) is 5.69 Å². The number of benzene rings is 1. The Kier molecular flexibility index (Phi) is 7.16. The summed E-state index contributed by atoms with van der Waals surface area (Å²) in [5, 5.41) is 2.57. The van der Waals surface area contributed by atoms with Crippen molar-refractivity contribution in [3.05, 3.63) is 24.3 Å². The number of ether oxygens (including phenoxy) is 1. The number of anilines is 1. The predicted molar refractivity (Wildman–Crippen MR) is 98.1 cm³/mol. The topological polar surface area (TPSA) is 92.8 Å². The fraction of sp³-hybridized carbons (Fsp3) is 0.556. The molecule has 1 heterocycles. The second-order valence-electron chi connectivity index (χ2n) is 6.78. The van der Waals surface area contributed by atoms with Gasteiger partial charge in [-0.25, -0.2) is 8.42 Å². The van der Waals surface area contributed by atoms with E-state index in [-0.39, 0.29) is 17.9 Å². The molecule has 0 aliphatic carbocycles. The Morgan fingerprint density at radius 2 is 1.92 bits per heavy atom. The van der Waals surface area contributed by atoms with Crippen molar-refractivity contribution in [1.29, 1.82) is 0 Å². The van der Waals surface area contributed by atoms with Crippen LogP contribution in [0.5, 0.6) is 0 Å². The Bertz CT molecular complexity index is 740. The molecule has 1 fully saturated rings. The van der Waals surface area contributed by atoms with Gasteiger partial charge in [0, 0.05) is 25.2 Å². The SMILES string of the molecule is CC(C)CCC(=O)OCC(=O)Nc1cccc(S(=O)(=O)N2CCCC2)c1. The highest BCUT2D eigenvalue weighted by atomic mass is 32.2. The molecule has 1 amide bonds. The van der Waals surface area contributed by atoms with Gasteiger partial charge in [-0.15, -0.1) is 0 Å². The number of amides is 1. The molecule has 0 atom stereocenters. The molecule has 0 unspecified atom stereocenters. The first kappa shape index (κ1) is 20.4. The molecule has 1 saturated heterocycles. The molecule has 8 heteroatoms. The molecule has 0 radical (unpaired) electrons. The lowest BCUT2D eigenvalue weighted by Gasteiger charge is -2.16. The average molecular weight is 382 g/mol. The van der Waals surface area contributed by atoms with Gasteiger partial charge in [0.2, 0.25) is 10.0 Å². The summed E-state index contributed by atoms with van der Waals surface area (Å²) in [5.74, 6) is -0.533. The minimum Gasteiger partial charge on any atom is -0.456 e. The van der Waals surface area contributed by atoms with E-state index in [4.69, 9.17) is 4.74 Å². The molecule has 0 aromatic heterocycles. The summed E-state index contributed by atoms with van der Waals surface area (Å²) in [6, 6.07) is 6.11. The molecule has 7 nitrogen and oxygen atoms in total. The van der Waals surface area contributed by atoms with Gasteiger partial charge in [-0.05, 0) is 43.4 Å². The highest BCUT2D eigenvalue weighted by Crippen LogP contribution is 2.23. The summed E-state index contributed by atoms with van der Waals surface area (Å²) in [6.07, 6.45) is 2.70. The Morgan fingerprint density at radius 3 is 2.58 bits per heavy atom. The van der Waals surface area contributed by atoms with E-state index < -0.39 is 21.9 Å². The maximum absolute atomic E-state index is 12.6. The highest BCUT2D eigenvalue weighted by Gasteiger charge is 2.27. The van der Waals surface area contributed by atoms with Crippen LogP contribution in [-0.4, -0.2) is 44.3 Å². The van der Waals surface area contributed by atoms with Crippen molar-refractivity contribution in [3.8, 4) is 0 Å². The van der Waals surface area contributed by atoms with Gasteiger partial charge in [0.05, 0.1) is 4.90 Å². The monoisotopic (exact) mass is 382 g/mol. The van der Waals surface area contributed by atoms with Crippen molar-refractivity contribution in [3.63, 3.8) is 0 Å². The highest BCUT2D eigenvalue weighted by molar-refractivity contribution is 7.89. The quantitative estimate of drug-likeness (QED) is 0.697. The molecule has 1 aromatic carbocycles. The van der Waals surface area contributed by atoms with Crippen LogP contribution in [0, 0.1) is 5.92 Å². The van der Waals surface area contributed by atoms with Gasteiger partial charge >= 0.3 is 5.97 Å². The molecule has 1 N–H and O–H groups in total. The van der Waals surface area contributed by atoms with Gasteiger partial charge in [0.1, 0.15) is 0 Å². The van der Waals surface area contributed by atoms with E-state index in [0.29, 0.717) is 31.1 Å². The molecule has 1 aliphatic rings. The van der Waals surface area contributed by atoms with Crippen molar-refractivity contribution in [2.75, 3.05) is 25.0 Å². The molecule has 1 aliphatic heterocycles.